The van der Waals surface area contributed by atoms with E-state index in [1.165, 1.54) is 14.0 Å². The highest BCUT2D eigenvalue weighted by Gasteiger charge is 2.53. The summed E-state index contributed by atoms with van der Waals surface area (Å²) in [5, 5.41) is 50.0. The van der Waals surface area contributed by atoms with E-state index in [0.29, 0.717) is 24.6 Å². The molecule has 3 fully saturated rings. The highest BCUT2D eigenvalue weighted by atomic mass is 33.1. The average molecular weight is 935 g/mol. The van der Waals surface area contributed by atoms with Crippen LogP contribution in [0.15, 0.2) is 11.5 Å². The third-order valence-electron chi connectivity index (χ3n) is 14.1. The zero-order valence-corrected chi connectivity index (χ0v) is 42.1. The SMILES string of the molecule is CC[C@H]1OC(=O)[C@H](C)[C@@H](O[C@H]2C[C@@](C)(OC)[C@@H](O)[C@H](C)O2)[C@H](C)[C@@H](O[C@@H]2O[C@H](C)C[C@H](N(C)C)[C@H]2OC(=O)CCCC[C@@H]2C=CSS2)[C@](C)(O)C[C@@H](C)CN(C)[C@H](C)[C@@H](O)[C@]1(C)O. The average Bonchev–Trinajstić information content (AvgIpc) is 3.74. The van der Waals surface area contributed by atoms with Gasteiger partial charge in [-0.2, -0.15) is 0 Å². The van der Waals surface area contributed by atoms with E-state index >= 15 is 0 Å². The zero-order chi connectivity index (χ0) is 47.2. The number of aliphatic hydroxyl groups is 4. The molecule has 4 rings (SSSR count). The topological polar surface area (TPSA) is 186 Å². The molecule has 63 heavy (non-hydrogen) atoms. The first-order chi connectivity index (χ1) is 29.4. The van der Waals surface area contributed by atoms with E-state index in [2.05, 4.69) is 11.5 Å². The number of esters is 2. The molecular weight excluding hydrogens is 853 g/mol. The lowest BCUT2D eigenvalue weighted by atomic mass is 9.77. The monoisotopic (exact) mass is 935 g/mol. The van der Waals surface area contributed by atoms with Crippen molar-refractivity contribution in [3.05, 3.63) is 11.5 Å². The first-order valence-corrected chi connectivity index (χ1v) is 25.4. The number of ether oxygens (including phenoxy) is 7. The Bertz CT molecular complexity index is 1490. The van der Waals surface area contributed by atoms with Crippen LogP contribution in [-0.2, 0) is 42.7 Å². The van der Waals surface area contributed by atoms with E-state index in [0.717, 1.165) is 12.8 Å². The fourth-order valence-corrected chi connectivity index (χ4v) is 12.3. The van der Waals surface area contributed by atoms with Crippen molar-refractivity contribution in [3.63, 3.8) is 0 Å². The number of likely N-dealkylation sites (N-methyl/N-ethyl adjacent to an activating group) is 2. The van der Waals surface area contributed by atoms with Gasteiger partial charge in [0, 0.05) is 43.7 Å². The number of unbranched alkanes of at least 4 members (excludes halogenated alkanes) is 1. The van der Waals surface area contributed by atoms with Gasteiger partial charge in [0.25, 0.3) is 0 Å². The number of rotatable bonds is 13. The van der Waals surface area contributed by atoms with Crippen molar-refractivity contribution < 1.29 is 63.2 Å². The number of carbonyl (C=O) groups excluding carboxylic acids is 2. The summed E-state index contributed by atoms with van der Waals surface area (Å²) >= 11 is 0. The van der Waals surface area contributed by atoms with E-state index in [9.17, 15) is 30.0 Å². The normalized spacial score (nSPS) is 45.1. The van der Waals surface area contributed by atoms with Gasteiger partial charge in [-0.3, -0.25) is 9.59 Å². The summed E-state index contributed by atoms with van der Waals surface area (Å²) in [4.78, 5) is 32.1. The molecule has 3 saturated heterocycles. The molecule has 15 nitrogen and oxygen atoms in total. The predicted octanol–water partition coefficient (Wildman–Crippen LogP) is 5.29. The summed E-state index contributed by atoms with van der Waals surface area (Å²) in [5.41, 5.74) is -4.49. The molecule has 4 aliphatic rings. The Morgan fingerprint density at radius 2 is 1.67 bits per heavy atom. The molecule has 0 aromatic heterocycles. The zero-order valence-electron chi connectivity index (χ0n) is 40.4. The number of hydrogen-bond donors (Lipinski definition) is 4. The van der Waals surface area contributed by atoms with Gasteiger partial charge >= 0.3 is 11.9 Å². The van der Waals surface area contributed by atoms with E-state index in [4.69, 9.17) is 33.2 Å². The number of hydrogen-bond acceptors (Lipinski definition) is 17. The lowest BCUT2D eigenvalue weighted by molar-refractivity contribution is -0.319. The van der Waals surface area contributed by atoms with Crippen LogP contribution in [0.5, 0.6) is 0 Å². The van der Waals surface area contributed by atoms with Crippen LogP contribution in [0.2, 0.25) is 0 Å². The standard InChI is InChI=1S/C46H82N2O13S2/c1-15-34-46(10,54)39(50)30(6)48(13)25-26(2)23-44(8,53)41(28(4)37(29(5)42(52)58-34)60-36-24-45(9,55-14)40(51)31(7)57-36)61-43-38(33(47(11)12)22-27(3)56-43)59-35(49)19-17-16-18-32-20-21-62-63-32/h20-21,26-34,36-41,43,50-51,53-54H,15-19,22-25H2,1-14H3/t26-,27-,28+,29-,30-,31+,32-,33+,34-,36+,37+,38-,39-,40+,41-,43+,44-,45-,46-/m1/s1. The smallest absolute Gasteiger partial charge is 0.311 e. The maximum atomic E-state index is 14.5. The molecule has 17 heteroatoms. The van der Waals surface area contributed by atoms with Crippen LogP contribution >= 0.6 is 21.6 Å². The van der Waals surface area contributed by atoms with Gasteiger partial charge in [-0.1, -0.05) is 54.9 Å². The minimum Gasteiger partial charge on any atom is -0.459 e. The van der Waals surface area contributed by atoms with Crippen LogP contribution in [0.25, 0.3) is 0 Å². The van der Waals surface area contributed by atoms with Crippen molar-refractivity contribution in [1.29, 1.82) is 0 Å². The molecule has 0 aromatic carbocycles. The van der Waals surface area contributed by atoms with Gasteiger partial charge in [-0.15, -0.1) is 0 Å². The third kappa shape index (κ3) is 13.8. The first kappa shape index (κ1) is 54.5. The van der Waals surface area contributed by atoms with Gasteiger partial charge in [-0.05, 0) is 113 Å². The van der Waals surface area contributed by atoms with Crippen molar-refractivity contribution in [1.82, 2.24) is 9.80 Å². The first-order valence-electron chi connectivity index (χ1n) is 23.1. The fraction of sp³-hybridized carbons (Fsp3) is 0.913. The van der Waals surface area contributed by atoms with Crippen LogP contribution < -0.4 is 0 Å². The molecule has 19 atom stereocenters. The molecule has 0 amide bonds. The Labute approximate surface area is 385 Å². The largest absolute Gasteiger partial charge is 0.459 e. The quantitative estimate of drug-likeness (QED) is 0.106. The number of cyclic esters (lactones) is 1. The van der Waals surface area contributed by atoms with Crippen LogP contribution in [0, 0.1) is 17.8 Å². The third-order valence-corrected chi connectivity index (χ3v) is 16.5. The summed E-state index contributed by atoms with van der Waals surface area (Å²) in [6.07, 6.45) is -3.40. The van der Waals surface area contributed by atoms with Crippen molar-refractivity contribution in [2.45, 2.75) is 216 Å². The van der Waals surface area contributed by atoms with Crippen molar-refractivity contribution >= 4 is 33.5 Å². The molecule has 0 aromatic rings. The van der Waals surface area contributed by atoms with Crippen LogP contribution in [-0.4, -0.2) is 173 Å². The minimum absolute atomic E-state index is 0.114. The van der Waals surface area contributed by atoms with Gasteiger partial charge in [0.05, 0.1) is 47.6 Å². The van der Waals surface area contributed by atoms with Gasteiger partial charge in [-0.25, -0.2) is 0 Å². The lowest BCUT2D eigenvalue weighted by Crippen LogP contribution is -2.61. The Morgan fingerprint density at radius 1 is 0.984 bits per heavy atom. The highest BCUT2D eigenvalue weighted by molar-refractivity contribution is 8.78. The molecule has 4 heterocycles. The Balaban J connectivity index is 1.78. The summed E-state index contributed by atoms with van der Waals surface area (Å²) in [7, 11) is 10.8. The van der Waals surface area contributed by atoms with Gasteiger partial charge in [0.1, 0.15) is 23.9 Å². The van der Waals surface area contributed by atoms with E-state index < -0.39 is 96.0 Å². The molecule has 366 valence electrons. The van der Waals surface area contributed by atoms with Crippen molar-refractivity contribution in [2.24, 2.45) is 17.8 Å². The second kappa shape index (κ2) is 23.3. The van der Waals surface area contributed by atoms with E-state index in [-0.39, 0.29) is 49.7 Å². The van der Waals surface area contributed by atoms with Crippen molar-refractivity contribution in [2.75, 3.05) is 34.8 Å². The van der Waals surface area contributed by atoms with Crippen LogP contribution in [0.1, 0.15) is 121 Å². The Kier molecular flexibility index (Phi) is 20.2. The van der Waals surface area contributed by atoms with Crippen LogP contribution in [0.3, 0.4) is 0 Å². The number of methoxy groups -OCH3 is 1. The number of aliphatic hydroxyl groups excluding tert-OH is 2. The maximum absolute atomic E-state index is 14.5. The molecule has 0 saturated carbocycles. The molecular formula is C46H82N2O13S2. The summed E-state index contributed by atoms with van der Waals surface area (Å²) in [6.45, 7) is 18.1. The predicted molar refractivity (Wildman–Crippen MR) is 245 cm³/mol. The summed E-state index contributed by atoms with van der Waals surface area (Å²) in [5.74, 6) is -3.07. The second-order valence-electron chi connectivity index (χ2n) is 19.9. The minimum atomic E-state index is -1.82. The molecule has 0 bridgehead atoms. The summed E-state index contributed by atoms with van der Waals surface area (Å²) in [6, 6.07) is -0.841. The lowest BCUT2D eigenvalue weighted by Gasteiger charge is -2.49. The molecule has 4 aliphatic heterocycles. The van der Waals surface area contributed by atoms with Crippen molar-refractivity contribution in [3.8, 4) is 0 Å². The van der Waals surface area contributed by atoms with Gasteiger partial charge in [0.2, 0.25) is 0 Å². The molecule has 0 spiro atoms. The molecule has 0 radical (unpaired) electrons. The fourth-order valence-electron chi connectivity index (χ4n) is 10.1. The van der Waals surface area contributed by atoms with Gasteiger partial charge < -0.3 is 63.4 Å². The number of carbonyl (C=O) groups is 2. The maximum Gasteiger partial charge on any atom is 0.311 e. The second-order valence-corrected chi connectivity index (χ2v) is 22.4. The van der Waals surface area contributed by atoms with E-state index in [1.807, 2.05) is 69.4 Å². The Hall–Kier alpha value is -1.06. The highest BCUT2D eigenvalue weighted by Crippen LogP contribution is 2.41. The van der Waals surface area contributed by atoms with E-state index in [1.54, 1.807) is 45.4 Å². The van der Waals surface area contributed by atoms with Crippen LogP contribution in [0.4, 0.5) is 0 Å². The number of nitrogens with zero attached hydrogens (tertiary/aromatic N) is 2. The molecule has 4 N–H and O–H groups in total. The van der Waals surface area contributed by atoms with Gasteiger partial charge in [0.15, 0.2) is 18.7 Å². The molecule has 0 unspecified atom stereocenters. The summed E-state index contributed by atoms with van der Waals surface area (Å²) < 4.78 is 44.9. The Morgan fingerprint density at radius 3 is 2.27 bits per heavy atom. The molecule has 0 aliphatic carbocycles.